The molecule has 0 aliphatic heterocycles. The molecule has 0 saturated carbocycles. The van der Waals surface area contributed by atoms with E-state index in [0.29, 0.717) is 21.8 Å². The molecule has 4 nitrogen and oxygen atoms in total. The first-order valence-corrected chi connectivity index (χ1v) is 8.35. The van der Waals surface area contributed by atoms with Crippen molar-refractivity contribution in [3.8, 4) is 0 Å². The Kier molecular flexibility index (Phi) is 5.06. The minimum Gasteiger partial charge on any atom is -0.278 e. The van der Waals surface area contributed by atoms with E-state index in [1.807, 2.05) is 22.6 Å². The first-order valence-electron chi connectivity index (χ1n) is 7.27. The minimum absolute atomic E-state index is 0.337. The molecule has 4 rings (SSSR count). The normalized spacial score (nSPS) is 12.3. The van der Waals surface area contributed by atoms with Gasteiger partial charge >= 0.3 is 12.4 Å². The van der Waals surface area contributed by atoms with Crippen LogP contribution in [-0.2, 0) is 12.4 Å². The molecule has 27 heavy (non-hydrogen) atoms. The molecule has 0 unspecified atom stereocenters. The number of aromatic amines is 2. The lowest BCUT2D eigenvalue weighted by atomic mass is 10.1. The molecule has 0 aliphatic carbocycles. The molecule has 2 heterocycles. The Morgan fingerprint density at radius 3 is 2.11 bits per heavy atom. The second-order valence-corrected chi connectivity index (χ2v) is 6.52. The number of hydrogen-bond acceptors (Lipinski definition) is 2. The molecule has 2 N–H and O–H groups in total. The van der Waals surface area contributed by atoms with Gasteiger partial charge in [0.05, 0.1) is 28.4 Å². The topological polar surface area (TPSA) is 57.4 Å². The van der Waals surface area contributed by atoms with E-state index in [1.54, 1.807) is 0 Å². The van der Waals surface area contributed by atoms with Gasteiger partial charge in [0.2, 0.25) is 0 Å². The van der Waals surface area contributed by atoms with E-state index in [2.05, 4.69) is 20.4 Å². The Balaban J connectivity index is 0.000000156. The van der Waals surface area contributed by atoms with Crippen LogP contribution in [-0.4, -0.2) is 20.4 Å². The molecule has 0 bridgehead atoms. The first-order chi connectivity index (χ1) is 12.6. The fourth-order valence-electron chi connectivity index (χ4n) is 2.27. The minimum atomic E-state index is -4.31. The van der Waals surface area contributed by atoms with E-state index >= 15 is 0 Å². The third-order valence-electron chi connectivity index (χ3n) is 3.61. The largest absolute Gasteiger partial charge is 0.416 e. The first kappa shape index (κ1) is 19.5. The summed E-state index contributed by atoms with van der Waals surface area (Å²) in [6.07, 6.45) is -7.12. The maximum atomic E-state index is 12.3. The fraction of sp³-hybridized carbons (Fsp3) is 0.125. The highest BCUT2D eigenvalue weighted by molar-refractivity contribution is 14.1. The molecular weight excluding hydrogens is 489 g/mol. The summed E-state index contributed by atoms with van der Waals surface area (Å²) in [6, 6.07) is 6.99. The lowest BCUT2D eigenvalue weighted by Crippen LogP contribution is -2.04. The molecule has 0 amide bonds. The quantitative estimate of drug-likeness (QED) is 0.239. The number of nitrogens with one attached hydrogen (secondary N) is 2. The van der Waals surface area contributed by atoms with Crippen LogP contribution in [0.4, 0.5) is 26.3 Å². The Hall–Kier alpha value is -2.31. The van der Waals surface area contributed by atoms with Crippen LogP contribution in [0.5, 0.6) is 0 Å². The summed E-state index contributed by atoms with van der Waals surface area (Å²) in [4.78, 5) is 0. The highest BCUT2D eigenvalue weighted by Crippen LogP contribution is 2.32. The van der Waals surface area contributed by atoms with Gasteiger partial charge in [-0.2, -0.15) is 36.5 Å². The smallest absolute Gasteiger partial charge is 0.278 e. The summed E-state index contributed by atoms with van der Waals surface area (Å²) >= 11 is 1.99. The highest BCUT2D eigenvalue weighted by Gasteiger charge is 2.31. The molecule has 0 saturated heterocycles. The molecule has 0 fully saturated rings. The van der Waals surface area contributed by atoms with E-state index in [9.17, 15) is 26.3 Å². The molecule has 11 heteroatoms. The molecule has 0 atom stereocenters. The van der Waals surface area contributed by atoms with Gasteiger partial charge in [-0.05, 0) is 52.9 Å². The van der Waals surface area contributed by atoms with E-state index in [0.717, 1.165) is 28.0 Å². The highest BCUT2D eigenvalue weighted by atomic mass is 127. The Morgan fingerprint density at radius 1 is 0.815 bits per heavy atom. The van der Waals surface area contributed by atoms with Crippen molar-refractivity contribution in [1.82, 2.24) is 20.4 Å². The molecular formula is C16H9F6IN4. The molecule has 0 radical (unpaired) electrons. The van der Waals surface area contributed by atoms with Gasteiger partial charge < -0.3 is 0 Å². The number of hydrogen-bond donors (Lipinski definition) is 2. The number of aromatic nitrogens is 4. The second-order valence-electron chi connectivity index (χ2n) is 5.44. The summed E-state index contributed by atoms with van der Waals surface area (Å²) in [5, 5.41) is 13.9. The number of alkyl halides is 6. The number of nitrogens with zero attached hydrogens (tertiary/aromatic N) is 2. The Morgan fingerprint density at radius 2 is 1.44 bits per heavy atom. The molecule has 4 aromatic rings. The average Bonchev–Trinajstić information content (AvgIpc) is 3.19. The lowest BCUT2D eigenvalue weighted by Gasteiger charge is -2.05. The fourth-order valence-corrected chi connectivity index (χ4v) is 2.85. The zero-order valence-corrected chi connectivity index (χ0v) is 15.2. The zero-order chi connectivity index (χ0) is 19.8. The number of halogens is 7. The van der Waals surface area contributed by atoms with Gasteiger partial charge in [0.15, 0.2) is 0 Å². The standard InChI is InChI=1S/C8H4F3IN2.C8H5F3N2/c9-8(10,11)4-1-2-5-6(3-4)13-14-7(5)12;9-8(10,11)6-2-1-5-4-12-13-7(5)3-6/h1-3H,(H,13,14);1-4H,(H,12,13). The van der Waals surface area contributed by atoms with Gasteiger partial charge in [-0.3, -0.25) is 10.2 Å². The van der Waals surface area contributed by atoms with Crippen LogP contribution in [0.1, 0.15) is 11.1 Å². The van der Waals surface area contributed by atoms with Crippen molar-refractivity contribution in [3.05, 3.63) is 57.4 Å². The van der Waals surface area contributed by atoms with Crippen LogP contribution < -0.4 is 0 Å². The van der Waals surface area contributed by atoms with Crippen LogP contribution in [0.2, 0.25) is 0 Å². The second kappa shape index (κ2) is 7.02. The van der Waals surface area contributed by atoms with Gasteiger partial charge in [-0.1, -0.05) is 6.07 Å². The van der Waals surface area contributed by atoms with Gasteiger partial charge in [0, 0.05) is 10.8 Å². The predicted octanol–water partition coefficient (Wildman–Crippen LogP) is 5.77. The van der Waals surface area contributed by atoms with Crippen LogP contribution in [0.3, 0.4) is 0 Å². The summed E-state index contributed by atoms with van der Waals surface area (Å²) in [6.45, 7) is 0. The van der Waals surface area contributed by atoms with Gasteiger partial charge in [0.1, 0.15) is 3.70 Å². The average molecular weight is 498 g/mol. The van der Waals surface area contributed by atoms with Crippen LogP contribution in [0.25, 0.3) is 21.8 Å². The molecule has 142 valence electrons. The van der Waals surface area contributed by atoms with Crippen molar-refractivity contribution in [1.29, 1.82) is 0 Å². The molecule has 2 aromatic heterocycles. The molecule has 2 aromatic carbocycles. The van der Waals surface area contributed by atoms with E-state index in [1.165, 1.54) is 18.3 Å². The maximum absolute atomic E-state index is 12.3. The maximum Gasteiger partial charge on any atom is 0.416 e. The summed E-state index contributed by atoms with van der Waals surface area (Å²) < 4.78 is 74.2. The van der Waals surface area contributed by atoms with Crippen molar-refractivity contribution in [2.45, 2.75) is 12.4 Å². The summed E-state index contributed by atoms with van der Waals surface area (Å²) in [7, 11) is 0. The van der Waals surface area contributed by atoms with Crippen molar-refractivity contribution in [2.24, 2.45) is 0 Å². The Labute approximate surface area is 161 Å². The third kappa shape index (κ3) is 4.34. The van der Waals surface area contributed by atoms with Gasteiger partial charge in [0.25, 0.3) is 0 Å². The van der Waals surface area contributed by atoms with Crippen LogP contribution >= 0.6 is 22.6 Å². The van der Waals surface area contributed by atoms with E-state index < -0.39 is 23.5 Å². The number of rotatable bonds is 0. The lowest BCUT2D eigenvalue weighted by molar-refractivity contribution is -0.138. The van der Waals surface area contributed by atoms with E-state index in [4.69, 9.17) is 0 Å². The van der Waals surface area contributed by atoms with Crippen molar-refractivity contribution in [3.63, 3.8) is 0 Å². The predicted molar refractivity (Wildman–Crippen MR) is 94.9 cm³/mol. The van der Waals surface area contributed by atoms with Crippen molar-refractivity contribution < 1.29 is 26.3 Å². The van der Waals surface area contributed by atoms with Crippen molar-refractivity contribution in [2.75, 3.05) is 0 Å². The van der Waals surface area contributed by atoms with Crippen LogP contribution in [0.15, 0.2) is 42.6 Å². The SMILES string of the molecule is FC(F)(F)c1ccc2c(I)[nH]nc2c1.FC(F)(F)c1ccc2cn[nH]c2c1. The van der Waals surface area contributed by atoms with Gasteiger partial charge in [-0.25, -0.2) is 0 Å². The monoisotopic (exact) mass is 498 g/mol. The van der Waals surface area contributed by atoms with Crippen LogP contribution in [0, 0.1) is 3.70 Å². The molecule has 0 spiro atoms. The number of H-pyrrole nitrogens is 2. The summed E-state index contributed by atoms with van der Waals surface area (Å²) in [5.74, 6) is 0. The molecule has 0 aliphatic rings. The Bertz CT molecular complexity index is 1080. The summed E-state index contributed by atoms with van der Waals surface area (Å²) in [5.41, 5.74) is -0.601. The van der Waals surface area contributed by atoms with Gasteiger partial charge in [-0.15, -0.1) is 0 Å². The third-order valence-corrected chi connectivity index (χ3v) is 4.43. The number of benzene rings is 2. The zero-order valence-electron chi connectivity index (χ0n) is 13.1. The van der Waals surface area contributed by atoms with E-state index in [-0.39, 0.29) is 0 Å². The van der Waals surface area contributed by atoms with Crippen molar-refractivity contribution >= 4 is 44.4 Å². The number of fused-ring (bicyclic) bond motifs is 2.